The summed E-state index contributed by atoms with van der Waals surface area (Å²) in [6, 6.07) is 0.403. The van der Waals surface area contributed by atoms with Crippen LogP contribution < -0.4 is 5.32 Å². The largest absolute Gasteiger partial charge is 0.481 e. The van der Waals surface area contributed by atoms with E-state index >= 15 is 0 Å². The van der Waals surface area contributed by atoms with Crippen LogP contribution >= 0.6 is 0 Å². The van der Waals surface area contributed by atoms with Crippen LogP contribution in [0.15, 0.2) is 0 Å². The molecule has 0 spiro atoms. The van der Waals surface area contributed by atoms with Crippen molar-refractivity contribution in [2.75, 3.05) is 13.2 Å². The first-order valence-corrected chi connectivity index (χ1v) is 7.75. The topological polar surface area (TPSA) is 75.6 Å². The molecule has 1 fully saturated rings. The van der Waals surface area contributed by atoms with E-state index in [1.807, 2.05) is 6.92 Å². The molecule has 0 bridgehead atoms. The van der Waals surface area contributed by atoms with Crippen LogP contribution in [0.2, 0.25) is 0 Å². The smallest absolute Gasteiger partial charge is 0.306 e. The number of carboxylic acid groups (broad SMARTS) is 1. The number of carbonyl (C=O) groups is 2. The molecule has 0 aromatic carbocycles. The highest BCUT2D eigenvalue weighted by Crippen LogP contribution is 2.27. The van der Waals surface area contributed by atoms with E-state index in [0.29, 0.717) is 19.1 Å². The molecular weight excluding hydrogens is 258 g/mol. The van der Waals surface area contributed by atoms with Gasteiger partial charge in [0.2, 0.25) is 0 Å². The SMILES string of the molecule is CCOC(=O)CCCCCCCNC1CC(C(=O)O)C1. The molecule has 1 aliphatic rings. The van der Waals surface area contributed by atoms with Crippen molar-refractivity contribution < 1.29 is 19.4 Å². The summed E-state index contributed by atoms with van der Waals surface area (Å²) < 4.78 is 4.87. The Morgan fingerprint density at radius 3 is 2.45 bits per heavy atom. The Hall–Kier alpha value is -1.10. The van der Waals surface area contributed by atoms with Crippen molar-refractivity contribution in [1.82, 2.24) is 5.32 Å². The molecule has 0 unspecified atom stereocenters. The molecule has 2 N–H and O–H groups in total. The van der Waals surface area contributed by atoms with Crippen molar-refractivity contribution in [3.8, 4) is 0 Å². The second-order valence-corrected chi connectivity index (χ2v) is 5.48. The zero-order valence-corrected chi connectivity index (χ0v) is 12.4. The lowest BCUT2D eigenvalue weighted by molar-refractivity contribution is -0.145. The normalized spacial score (nSPS) is 21.2. The van der Waals surface area contributed by atoms with Crippen molar-refractivity contribution in [3.05, 3.63) is 0 Å². The molecule has 0 saturated heterocycles. The monoisotopic (exact) mass is 285 g/mol. The van der Waals surface area contributed by atoms with Gasteiger partial charge in [-0.25, -0.2) is 0 Å². The number of nitrogens with one attached hydrogen (secondary N) is 1. The van der Waals surface area contributed by atoms with Gasteiger partial charge < -0.3 is 15.2 Å². The predicted octanol–water partition coefficient (Wildman–Crippen LogP) is 2.34. The molecule has 0 amide bonds. The number of carboxylic acids is 1. The summed E-state index contributed by atoms with van der Waals surface area (Å²) in [5.41, 5.74) is 0. The van der Waals surface area contributed by atoms with Gasteiger partial charge in [0.25, 0.3) is 0 Å². The summed E-state index contributed by atoms with van der Waals surface area (Å²) in [6.45, 7) is 3.26. The Morgan fingerprint density at radius 2 is 1.80 bits per heavy atom. The highest BCUT2D eigenvalue weighted by atomic mass is 16.5. The standard InChI is InChI=1S/C15H27NO4/c1-2-20-14(17)8-6-4-3-5-7-9-16-13-10-12(11-13)15(18)19/h12-13,16H,2-11H2,1H3,(H,18,19). The van der Waals surface area contributed by atoms with Crippen molar-refractivity contribution >= 4 is 11.9 Å². The maximum Gasteiger partial charge on any atom is 0.306 e. The number of ether oxygens (including phenoxy) is 1. The van der Waals surface area contributed by atoms with Crippen LogP contribution in [0, 0.1) is 5.92 Å². The molecule has 1 rings (SSSR count). The van der Waals surface area contributed by atoms with Gasteiger partial charge in [0.05, 0.1) is 12.5 Å². The first-order chi connectivity index (χ1) is 9.63. The second kappa shape index (κ2) is 9.75. The van der Waals surface area contributed by atoms with Gasteiger partial charge in [0.15, 0.2) is 0 Å². The van der Waals surface area contributed by atoms with Gasteiger partial charge in [0.1, 0.15) is 0 Å². The first-order valence-electron chi connectivity index (χ1n) is 7.75. The molecule has 5 nitrogen and oxygen atoms in total. The van der Waals surface area contributed by atoms with E-state index in [9.17, 15) is 9.59 Å². The highest BCUT2D eigenvalue weighted by Gasteiger charge is 2.33. The fourth-order valence-electron chi connectivity index (χ4n) is 2.45. The van der Waals surface area contributed by atoms with Crippen molar-refractivity contribution in [1.29, 1.82) is 0 Å². The van der Waals surface area contributed by atoms with E-state index in [4.69, 9.17) is 9.84 Å². The van der Waals surface area contributed by atoms with Gasteiger partial charge in [-0.05, 0) is 39.2 Å². The van der Waals surface area contributed by atoms with Crippen LogP contribution in [0.3, 0.4) is 0 Å². The molecule has 1 aliphatic carbocycles. The summed E-state index contributed by atoms with van der Waals surface area (Å²) in [7, 11) is 0. The van der Waals surface area contributed by atoms with Crippen LogP contribution in [-0.2, 0) is 14.3 Å². The maximum absolute atomic E-state index is 11.1. The van der Waals surface area contributed by atoms with Gasteiger partial charge in [-0.3, -0.25) is 9.59 Å². The number of esters is 1. The Kier molecular flexibility index (Phi) is 8.26. The third-order valence-electron chi connectivity index (χ3n) is 3.78. The minimum absolute atomic E-state index is 0.0906. The number of unbranched alkanes of at least 4 members (excludes halogenated alkanes) is 4. The lowest BCUT2D eigenvalue weighted by Gasteiger charge is -2.33. The van der Waals surface area contributed by atoms with E-state index in [2.05, 4.69) is 5.32 Å². The molecule has 1 saturated carbocycles. The van der Waals surface area contributed by atoms with E-state index in [1.165, 1.54) is 0 Å². The second-order valence-electron chi connectivity index (χ2n) is 5.48. The number of hydrogen-bond acceptors (Lipinski definition) is 4. The fraction of sp³-hybridized carbons (Fsp3) is 0.867. The van der Waals surface area contributed by atoms with Crippen LogP contribution in [0.1, 0.15) is 58.3 Å². The van der Waals surface area contributed by atoms with E-state index in [0.717, 1.165) is 51.5 Å². The molecule has 20 heavy (non-hydrogen) atoms. The van der Waals surface area contributed by atoms with Crippen LogP contribution in [-0.4, -0.2) is 36.2 Å². The minimum Gasteiger partial charge on any atom is -0.481 e. The third kappa shape index (κ3) is 6.89. The van der Waals surface area contributed by atoms with Gasteiger partial charge in [-0.15, -0.1) is 0 Å². The van der Waals surface area contributed by atoms with Crippen LogP contribution in [0.25, 0.3) is 0 Å². The van der Waals surface area contributed by atoms with Crippen molar-refractivity contribution in [2.45, 2.75) is 64.3 Å². The van der Waals surface area contributed by atoms with Gasteiger partial charge >= 0.3 is 11.9 Å². The molecule has 0 radical (unpaired) electrons. The van der Waals surface area contributed by atoms with Gasteiger partial charge in [-0.2, -0.15) is 0 Å². The van der Waals surface area contributed by atoms with E-state index in [-0.39, 0.29) is 11.9 Å². The lowest BCUT2D eigenvalue weighted by atomic mass is 9.80. The predicted molar refractivity (Wildman–Crippen MR) is 76.5 cm³/mol. The molecule has 0 aromatic heterocycles. The maximum atomic E-state index is 11.1. The quantitative estimate of drug-likeness (QED) is 0.450. The summed E-state index contributed by atoms with van der Waals surface area (Å²) in [6.07, 6.45) is 7.48. The number of hydrogen-bond donors (Lipinski definition) is 2. The van der Waals surface area contributed by atoms with Gasteiger partial charge in [-0.1, -0.05) is 19.3 Å². The molecule has 5 heteroatoms. The lowest BCUT2D eigenvalue weighted by Crippen LogP contribution is -2.44. The Balaban J connectivity index is 1.80. The minimum atomic E-state index is -0.662. The molecule has 0 heterocycles. The zero-order chi connectivity index (χ0) is 14.8. The Bertz CT molecular complexity index is 300. The molecule has 0 atom stereocenters. The highest BCUT2D eigenvalue weighted by molar-refractivity contribution is 5.71. The third-order valence-corrected chi connectivity index (χ3v) is 3.78. The van der Waals surface area contributed by atoms with Crippen molar-refractivity contribution in [2.24, 2.45) is 5.92 Å². The Labute approximate surface area is 121 Å². The molecule has 116 valence electrons. The number of aliphatic carboxylic acids is 1. The fourth-order valence-corrected chi connectivity index (χ4v) is 2.45. The summed E-state index contributed by atoms with van der Waals surface area (Å²) in [5.74, 6) is -0.882. The van der Waals surface area contributed by atoms with Crippen LogP contribution in [0.5, 0.6) is 0 Å². The summed E-state index contributed by atoms with van der Waals surface area (Å²) >= 11 is 0. The average Bonchev–Trinajstić information content (AvgIpc) is 2.34. The van der Waals surface area contributed by atoms with E-state index in [1.54, 1.807) is 0 Å². The van der Waals surface area contributed by atoms with E-state index < -0.39 is 5.97 Å². The number of carbonyl (C=O) groups excluding carboxylic acids is 1. The summed E-state index contributed by atoms with van der Waals surface area (Å²) in [5, 5.41) is 12.1. The molecule has 0 aromatic rings. The number of rotatable bonds is 11. The van der Waals surface area contributed by atoms with Crippen LogP contribution in [0.4, 0.5) is 0 Å². The summed E-state index contributed by atoms with van der Waals surface area (Å²) in [4.78, 5) is 21.7. The van der Waals surface area contributed by atoms with Gasteiger partial charge in [0, 0.05) is 12.5 Å². The molecular formula is C15H27NO4. The average molecular weight is 285 g/mol. The Morgan fingerprint density at radius 1 is 1.15 bits per heavy atom. The zero-order valence-electron chi connectivity index (χ0n) is 12.4. The molecule has 0 aliphatic heterocycles. The first kappa shape index (κ1) is 17.0. The van der Waals surface area contributed by atoms with Crippen molar-refractivity contribution in [3.63, 3.8) is 0 Å².